The number of rotatable bonds is 35. The molecule has 0 fully saturated rings. The van der Waals surface area contributed by atoms with Crippen LogP contribution in [0.3, 0.4) is 0 Å². The summed E-state index contributed by atoms with van der Waals surface area (Å²) in [5, 5.41) is 10.0. The van der Waals surface area contributed by atoms with Crippen LogP contribution >= 0.6 is 0 Å². The summed E-state index contributed by atoms with van der Waals surface area (Å²) < 4.78 is 0. The highest BCUT2D eigenvalue weighted by Crippen LogP contribution is 2.33. The molecular weight excluding hydrogens is 605 g/mol. The highest BCUT2D eigenvalue weighted by atomic mass is 16.3. The molecule has 1 nitrogen and oxygen atoms in total. The van der Waals surface area contributed by atoms with Crippen LogP contribution in [0.4, 0.5) is 0 Å². The first-order chi connectivity index (χ1) is 24.7. The molecule has 2 aromatic carbocycles. The Morgan fingerprint density at radius 2 is 0.620 bits per heavy atom. The highest BCUT2D eigenvalue weighted by molar-refractivity contribution is 5.72. The Morgan fingerprint density at radius 1 is 0.360 bits per heavy atom. The van der Waals surface area contributed by atoms with Crippen molar-refractivity contribution < 1.29 is 5.11 Å². The summed E-state index contributed by atoms with van der Waals surface area (Å²) in [4.78, 5) is 0. The Kier molecular flexibility index (Phi) is 28.4. The summed E-state index contributed by atoms with van der Waals surface area (Å²) >= 11 is 0. The van der Waals surface area contributed by atoms with Crippen molar-refractivity contribution in [1.29, 1.82) is 0 Å². The first kappa shape index (κ1) is 44.4. The maximum absolute atomic E-state index is 10.0. The zero-order valence-corrected chi connectivity index (χ0v) is 34.0. The van der Waals surface area contributed by atoms with E-state index in [1.54, 1.807) is 0 Å². The summed E-state index contributed by atoms with van der Waals surface area (Å²) in [6, 6.07) is 12.9. The van der Waals surface area contributed by atoms with Gasteiger partial charge in [-0.2, -0.15) is 0 Å². The summed E-state index contributed by atoms with van der Waals surface area (Å²) in [5.74, 6) is 0.361. The lowest BCUT2D eigenvalue weighted by atomic mass is 9.87. The molecule has 0 heterocycles. The van der Waals surface area contributed by atoms with Gasteiger partial charge in [-0.3, -0.25) is 0 Å². The van der Waals surface area contributed by atoms with Crippen molar-refractivity contribution in [2.75, 3.05) is 0 Å². The number of hydrogen-bond donors (Lipinski definition) is 1. The fraction of sp³-hybridized carbons (Fsp3) is 0.755. The predicted octanol–water partition coefficient (Wildman–Crippen LogP) is 17.0. The van der Waals surface area contributed by atoms with Gasteiger partial charge in [0.05, 0.1) is 0 Å². The number of hydrogen-bond acceptors (Lipinski definition) is 1. The van der Waals surface area contributed by atoms with Crippen molar-refractivity contribution in [3.63, 3.8) is 0 Å². The van der Waals surface area contributed by atoms with Crippen molar-refractivity contribution in [3.05, 3.63) is 53.1 Å². The van der Waals surface area contributed by atoms with Crippen LogP contribution in [0.15, 0.2) is 36.4 Å². The van der Waals surface area contributed by atoms with Gasteiger partial charge in [0.1, 0.15) is 5.75 Å². The van der Waals surface area contributed by atoms with Crippen molar-refractivity contribution in [1.82, 2.24) is 0 Å². The summed E-state index contributed by atoms with van der Waals surface area (Å²) in [7, 11) is 0. The summed E-state index contributed by atoms with van der Waals surface area (Å²) in [6.07, 6.45) is 47.7. The zero-order chi connectivity index (χ0) is 35.7. The quantitative estimate of drug-likeness (QED) is 0.0715. The lowest BCUT2D eigenvalue weighted by Crippen LogP contribution is -1.99. The third-order valence-electron chi connectivity index (χ3n) is 11.2. The van der Waals surface area contributed by atoms with Crippen molar-refractivity contribution in [2.45, 2.75) is 239 Å². The van der Waals surface area contributed by atoms with E-state index in [0.717, 1.165) is 0 Å². The van der Waals surface area contributed by atoms with E-state index in [1.807, 2.05) is 12.1 Å². The molecule has 0 radical (unpaired) electrons. The number of phenolic OH excluding ortho intramolecular Hbond substituents is 1. The molecule has 0 spiro atoms. The maximum Gasteiger partial charge on any atom is 0.115 e. The molecule has 1 N–H and O–H groups in total. The minimum Gasteiger partial charge on any atom is -0.508 e. The van der Waals surface area contributed by atoms with Crippen molar-refractivity contribution in [2.24, 2.45) is 0 Å². The minimum absolute atomic E-state index is 0.361. The Labute approximate surface area is 313 Å². The molecule has 0 aliphatic carbocycles. The highest BCUT2D eigenvalue weighted by Gasteiger charge is 2.13. The molecule has 0 aliphatic heterocycles. The molecular formula is C49H84O. The van der Waals surface area contributed by atoms with E-state index >= 15 is 0 Å². The molecule has 286 valence electrons. The molecule has 0 aliphatic rings. The van der Waals surface area contributed by atoms with E-state index in [9.17, 15) is 5.11 Å². The fourth-order valence-corrected chi connectivity index (χ4v) is 8.06. The van der Waals surface area contributed by atoms with E-state index in [4.69, 9.17) is 0 Å². The molecule has 0 bridgehead atoms. The van der Waals surface area contributed by atoms with E-state index in [1.165, 1.54) is 246 Å². The van der Waals surface area contributed by atoms with Crippen molar-refractivity contribution >= 4 is 0 Å². The third-order valence-corrected chi connectivity index (χ3v) is 11.2. The number of aromatic hydroxyl groups is 1. The SMILES string of the molecule is CCCCCCCCCCCCCCCCCCc1cc(C)cc(CCCCCCCCCCCCCCCCCC)c1-c1ccc(O)cc1. The molecule has 0 saturated carbocycles. The zero-order valence-electron chi connectivity index (χ0n) is 34.0. The smallest absolute Gasteiger partial charge is 0.115 e. The molecule has 1 heteroatoms. The topological polar surface area (TPSA) is 20.2 Å². The van der Waals surface area contributed by atoms with Gasteiger partial charge >= 0.3 is 0 Å². The fourth-order valence-electron chi connectivity index (χ4n) is 8.06. The van der Waals surface area contributed by atoms with Gasteiger partial charge in [-0.05, 0) is 67.0 Å². The second kappa shape index (κ2) is 31.9. The van der Waals surface area contributed by atoms with Crippen LogP contribution in [0.2, 0.25) is 0 Å². The normalized spacial score (nSPS) is 11.5. The largest absolute Gasteiger partial charge is 0.508 e. The van der Waals surface area contributed by atoms with Gasteiger partial charge in [0.15, 0.2) is 0 Å². The molecule has 0 amide bonds. The lowest BCUT2D eigenvalue weighted by molar-refractivity contribution is 0.475. The molecule has 0 unspecified atom stereocenters. The molecule has 0 aromatic heterocycles. The number of unbranched alkanes of at least 4 members (excludes halogenated alkanes) is 30. The van der Waals surface area contributed by atoms with Crippen LogP contribution in [-0.2, 0) is 12.8 Å². The average Bonchev–Trinajstić information content (AvgIpc) is 3.11. The van der Waals surface area contributed by atoms with E-state index in [-0.39, 0.29) is 0 Å². The average molecular weight is 689 g/mol. The lowest BCUT2D eigenvalue weighted by Gasteiger charge is -2.17. The van der Waals surface area contributed by atoms with Crippen LogP contribution in [0.5, 0.6) is 5.75 Å². The van der Waals surface area contributed by atoms with Gasteiger partial charge in [0, 0.05) is 0 Å². The third kappa shape index (κ3) is 22.9. The number of aryl methyl sites for hydroxylation is 3. The molecule has 50 heavy (non-hydrogen) atoms. The van der Waals surface area contributed by atoms with Gasteiger partial charge < -0.3 is 5.11 Å². The first-order valence-corrected chi connectivity index (χ1v) is 22.6. The summed E-state index contributed by atoms with van der Waals surface area (Å²) in [5.41, 5.74) is 7.18. The Hall–Kier alpha value is -1.76. The Balaban J connectivity index is 1.64. The second-order valence-electron chi connectivity index (χ2n) is 16.1. The second-order valence-corrected chi connectivity index (χ2v) is 16.1. The predicted molar refractivity (Wildman–Crippen MR) is 225 cm³/mol. The molecule has 2 aromatic rings. The van der Waals surface area contributed by atoms with Crippen LogP contribution in [0.1, 0.15) is 236 Å². The monoisotopic (exact) mass is 689 g/mol. The standard InChI is InChI=1S/C49H84O/c1-4-6-8-10-12-14-16-18-20-22-24-26-28-30-32-34-36-46-42-44(3)43-47(49(46)45-38-40-48(50)41-39-45)37-35-33-31-29-27-25-23-21-19-17-15-13-11-9-7-5-2/h38-43,50H,4-37H2,1-3H3. The van der Waals surface area contributed by atoms with Gasteiger partial charge in [-0.1, -0.05) is 236 Å². The van der Waals surface area contributed by atoms with E-state index < -0.39 is 0 Å². The Morgan fingerprint density at radius 3 is 0.900 bits per heavy atom. The number of phenols is 1. The first-order valence-electron chi connectivity index (χ1n) is 22.6. The van der Waals surface area contributed by atoms with Crippen LogP contribution in [0.25, 0.3) is 11.1 Å². The van der Waals surface area contributed by atoms with Crippen molar-refractivity contribution in [3.8, 4) is 16.9 Å². The van der Waals surface area contributed by atoms with Gasteiger partial charge in [0.2, 0.25) is 0 Å². The van der Waals surface area contributed by atoms with Gasteiger partial charge in [0.25, 0.3) is 0 Å². The Bertz CT molecular complexity index is 963. The molecule has 0 atom stereocenters. The number of benzene rings is 2. The molecule has 0 saturated heterocycles. The summed E-state index contributed by atoms with van der Waals surface area (Å²) in [6.45, 7) is 6.89. The van der Waals surface area contributed by atoms with Crippen LogP contribution in [0, 0.1) is 6.92 Å². The maximum atomic E-state index is 10.0. The van der Waals surface area contributed by atoms with Gasteiger partial charge in [-0.25, -0.2) is 0 Å². The minimum atomic E-state index is 0.361. The van der Waals surface area contributed by atoms with Crippen LogP contribution in [-0.4, -0.2) is 5.11 Å². The van der Waals surface area contributed by atoms with Crippen LogP contribution < -0.4 is 0 Å². The van der Waals surface area contributed by atoms with Gasteiger partial charge in [-0.15, -0.1) is 0 Å². The molecule has 2 rings (SSSR count). The van der Waals surface area contributed by atoms with E-state index in [2.05, 4.69) is 45.0 Å². The van der Waals surface area contributed by atoms with E-state index in [0.29, 0.717) is 5.75 Å².